The molecule has 0 spiro atoms. The fourth-order valence-electron chi connectivity index (χ4n) is 3.33. The largest absolute Gasteiger partial charge is 0.490 e. The third-order valence-electron chi connectivity index (χ3n) is 5.02. The molecule has 0 aliphatic carbocycles. The second-order valence-corrected chi connectivity index (χ2v) is 9.81. The van der Waals surface area contributed by atoms with E-state index in [4.69, 9.17) is 21.1 Å². The summed E-state index contributed by atoms with van der Waals surface area (Å²) in [4.78, 5) is 27.0. The van der Waals surface area contributed by atoms with E-state index >= 15 is 0 Å². The molecule has 1 aliphatic heterocycles. The number of amides is 2. The molecule has 1 saturated heterocycles. The lowest BCUT2D eigenvalue weighted by Gasteiger charge is -2.14. The topological polar surface area (TPSA) is 55.8 Å². The van der Waals surface area contributed by atoms with Gasteiger partial charge in [-0.2, -0.15) is 0 Å². The number of carbonyl (C=O) groups excluding carboxylic acids is 2. The molecule has 34 heavy (non-hydrogen) atoms. The number of benzene rings is 3. The molecule has 0 N–H and O–H groups in total. The van der Waals surface area contributed by atoms with Gasteiger partial charge in [-0.15, -0.1) is 0 Å². The normalized spacial score (nSPS) is 14.7. The van der Waals surface area contributed by atoms with Crippen LogP contribution in [0.1, 0.15) is 23.6 Å². The first-order valence-corrected chi connectivity index (χ1v) is 12.5. The predicted octanol–water partition coefficient (Wildman–Crippen LogP) is 7.63. The number of rotatable bonds is 7. The van der Waals surface area contributed by atoms with Gasteiger partial charge in [0.1, 0.15) is 6.61 Å². The monoisotopic (exact) mass is 557 g/mol. The average molecular weight is 559 g/mol. The minimum absolute atomic E-state index is 0.307. The Kier molecular flexibility index (Phi) is 7.66. The quantitative estimate of drug-likeness (QED) is 0.279. The van der Waals surface area contributed by atoms with Gasteiger partial charge < -0.3 is 9.47 Å². The van der Waals surface area contributed by atoms with Crippen molar-refractivity contribution in [3.05, 3.63) is 91.8 Å². The maximum absolute atomic E-state index is 13.0. The molecular formula is C26H21BrClNO4S. The van der Waals surface area contributed by atoms with Crippen LogP contribution in [-0.4, -0.2) is 17.8 Å². The molecule has 0 unspecified atom stereocenters. The van der Waals surface area contributed by atoms with Crippen LogP contribution in [0.3, 0.4) is 0 Å². The molecule has 8 heteroatoms. The van der Waals surface area contributed by atoms with Crippen LogP contribution < -0.4 is 14.4 Å². The van der Waals surface area contributed by atoms with Gasteiger partial charge in [-0.3, -0.25) is 9.59 Å². The molecule has 1 aliphatic rings. The first-order chi connectivity index (χ1) is 16.4. The average Bonchev–Trinajstić information content (AvgIpc) is 3.08. The van der Waals surface area contributed by atoms with Crippen LogP contribution in [0.2, 0.25) is 5.02 Å². The van der Waals surface area contributed by atoms with Crippen molar-refractivity contribution in [2.75, 3.05) is 11.5 Å². The minimum atomic E-state index is -0.401. The van der Waals surface area contributed by atoms with Gasteiger partial charge in [0.05, 0.1) is 17.2 Å². The minimum Gasteiger partial charge on any atom is -0.490 e. The highest BCUT2D eigenvalue weighted by atomic mass is 79.9. The Morgan fingerprint density at radius 2 is 1.76 bits per heavy atom. The molecule has 2 amide bonds. The van der Waals surface area contributed by atoms with Crippen LogP contribution >= 0.6 is 39.3 Å². The summed E-state index contributed by atoms with van der Waals surface area (Å²) in [7, 11) is 0. The zero-order valence-corrected chi connectivity index (χ0v) is 21.7. The number of halogens is 2. The maximum Gasteiger partial charge on any atom is 0.298 e. The van der Waals surface area contributed by atoms with Crippen LogP contribution in [0.25, 0.3) is 6.08 Å². The van der Waals surface area contributed by atoms with Crippen molar-refractivity contribution in [3.8, 4) is 11.5 Å². The van der Waals surface area contributed by atoms with Crippen LogP contribution in [0.5, 0.6) is 11.5 Å². The summed E-state index contributed by atoms with van der Waals surface area (Å²) in [6.07, 6.45) is 1.67. The zero-order valence-electron chi connectivity index (χ0n) is 18.5. The molecule has 0 radical (unpaired) electrons. The second kappa shape index (κ2) is 10.7. The summed E-state index contributed by atoms with van der Waals surface area (Å²) >= 11 is 10.5. The first kappa shape index (κ1) is 24.4. The van der Waals surface area contributed by atoms with Crippen LogP contribution in [-0.2, 0) is 11.4 Å². The van der Waals surface area contributed by atoms with Gasteiger partial charge in [0.25, 0.3) is 11.1 Å². The van der Waals surface area contributed by atoms with E-state index in [0.717, 1.165) is 22.2 Å². The SMILES string of the molecule is CCOc1cc(/C=C2/SC(=O)N(c3cccc(Cl)c3)C2=O)c(Br)cc1OCc1ccc(C)cc1. The molecule has 4 rings (SSSR count). The van der Waals surface area contributed by atoms with Gasteiger partial charge in [0.2, 0.25) is 0 Å². The molecule has 174 valence electrons. The van der Waals surface area contributed by atoms with Gasteiger partial charge >= 0.3 is 0 Å². The lowest BCUT2D eigenvalue weighted by atomic mass is 10.1. The first-order valence-electron chi connectivity index (χ1n) is 10.5. The maximum atomic E-state index is 13.0. The van der Waals surface area contributed by atoms with Gasteiger partial charge in [0, 0.05) is 9.50 Å². The molecule has 3 aromatic carbocycles. The van der Waals surface area contributed by atoms with Crippen molar-refractivity contribution < 1.29 is 19.1 Å². The van der Waals surface area contributed by atoms with Crippen molar-refractivity contribution in [2.24, 2.45) is 0 Å². The number of aryl methyl sites for hydroxylation is 1. The number of thioether (sulfide) groups is 1. The summed E-state index contributed by atoms with van der Waals surface area (Å²) in [5.41, 5.74) is 3.36. The van der Waals surface area contributed by atoms with E-state index in [1.165, 1.54) is 5.56 Å². The fraction of sp³-hybridized carbons (Fsp3) is 0.154. The summed E-state index contributed by atoms with van der Waals surface area (Å²) in [5, 5.41) is 0.0728. The predicted molar refractivity (Wildman–Crippen MR) is 141 cm³/mol. The van der Waals surface area contributed by atoms with E-state index in [0.29, 0.717) is 50.4 Å². The summed E-state index contributed by atoms with van der Waals surface area (Å²) < 4.78 is 12.5. The molecule has 5 nitrogen and oxygen atoms in total. The summed E-state index contributed by atoms with van der Waals surface area (Å²) in [6.45, 7) is 4.77. The Morgan fingerprint density at radius 3 is 2.47 bits per heavy atom. The number of hydrogen-bond donors (Lipinski definition) is 0. The van der Waals surface area contributed by atoms with E-state index in [2.05, 4.69) is 15.9 Å². The molecule has 0 saturated carbocycles. The van der Waals surface area contributed by atoms with Crippen molar-refractivity contribution in [3.63, 3.8) is 0 Å². The number of carbonyl (C=O) groups is 2. The smallest absolute Gasteiger partial charge is 0.298 e. The van der Waals surface area contributed by atoms with Crippen molar-refractivity contribution >= 4 is 62.2 Å². The molecule has 0 aromatic heterocycles. The summed E-state index contributed by atoms with van der Waals surface area (Å²) in [6, 6.07) is 18.4. The third-order valence-corrected chi connectivity index (χ3v) is 6.82. The highest BCUT2D eigenvalue weighted by Gasteiger charge is 2.36. The van der Waals surface area contributed by atoms with Crippen molar-refractivity contribution in [1.29, 1.82) is 0 Å². The highest BCUT2D eigenvalue weighted by molar-refractivity contribution is 9.10. The van der Waals surface area contributed by atoms with Gasteiger partial charge in [0.15, 0.2) is 11.5 Å². The lowest BCUT2D eigenvalue weighted by molar-refractivity contribution is -0.113. The van der Waals surface area contributed by atoms with Gasteiger partial charge in [-0.05, 0) is 73.1 Å². The number of hydrogen-bond acceptors (Lipinski definition) is 5. The number of anilines is 1. The standard InChI is InChI=1S/C26H21BrClNO4S/c1-3-32-22-11-18(21(27)14-23(22)33-15-17-9-7-16(2)8-10-17)12-24-25(30)29(26(31)34-24)20-6-4-5-19(28)13-20/h4-14H,3,15H2,1-2H3/b24-12+. The van der Waals surface area contributed by atoms with Crippen LogP contribution in [0.4, 0.5) is 10.5 Å². The third kappa shape index (κ3) is 5.49. The molecule has 0 atom stereocenters. The van der Waals surface area contributed by atoms with E-state index in [1.807, 2.05) is 44.2 Å². The lowest BCUT2D eigenvalue weighted by Crippen LogP contribution is -2.27. The van der Waals surface area contributed by atoms with Crippen molar-refractivity contribution in [2.45, 2.75) is 20.5 Å². The van der Waals surface area contributed by atoms with Gasteiger partial charge in [-0.25, -0.2) is 4.90 Å². The molecule has 1 fully saturated rings. The number of nitrogens with zero attached hydrogens (tertiary/aromatic N) is 1. The van der Waals surface area contributed by atoms with Crippen LogP contribution in [0, 0.1) is 6.92 Å². The van der Waals surface area contributed by atoms with E-state index in [1.54, 1.807) is 36.4 Å². The van der Waals surface area contributed by atoms with E-state index < -0.39 is 5.91 Å². The van der Waals surface area contributed by atoms with Crippen molar-refractivity contribution in [1.82, 2.24) is 0 Å². The summed E-state index contributed by atoms with van der Waals surface area (Å²) in [5.74, 6) is 0.735. The molecule has 1 heterocycles. The molecular weight excluding hydrogens is 538 g/mol. The Bertz CT molecular complexity index is 1280. The van der Waals surface area contributed by atoms with E-state index in [9.17, 15) is 9.59 Å². The second-order valence-electron chi connectivity index (χ2n) is 7.52. The Balaban J connectivity index is 1.60. The molecule has 0 bridgehead atoms. The van der Waals surface area contributed by atoms with Gasteiger partial charge in [-0.1, -0.05) is 63.4 Å². The number of ether oxygens (including phenoxy) is 2. The number of imide groups is 1. The van der Waals surface area contributed by atoms with Crippen LogP contribution in [0.15, 0.2) is 70.0 Å². The Morgan fingerprint density at radius 1 is 1.03 bits per heavy atom. The Hall–Kier alpha value is -2.74. The zero-order chi connectivity index (χ0) is 24.2. The highest BCUT2D eigenvalue weighted by Crippen LogP contribution is 2.40. The molecule has 3 aromatic rings. The van der Waals surface area contributed by atoms with E-state index in [-0.39, 0.29) is 5.24 Å². The fourth-order valence-corrected chi connectivity index (χ4v) is 4.79. The Labute approximate surface area is 215 Å².